The molecule has 1 aliphatic rings. The molecule has 1 saturated carbocycles. The summed E-state index contributed by atoms with van der Waals surface area (Å²) < 4.78 is 0. The molecule has 1 fully saturated rings. The Balaban J connectivity index is 1.87. The molecule has 3 rings (SSSR count). The molecule has 0 radical (unpaired) electrons. The molecule has 2 atom stereocenters. The second-order valence-electron chi connectivity index (χ2n) is 16.4. The molecule has 2 aromatic rings. The quantitative estimate of drug-likeness (QED) is 0.325. The highest BCUT2D eigenvalue weighted by Crippen LogP contribution is 2.44. The Kier molecular flexibility index (Phi) is 10.7. The van der Waals surface area contributed by atoms with Gasteiger partial charge < -0.3 is 10.2 Å². The molecule has 1 aliphatic carbocycles. The van der Waals surface area contributed by atoms with E-state index >= 15 is 0 Å². The fourth-order valence-electron chi connectivity index (χ4n) is 5.63. The minimum Gasteiger partial charge on any atom is -0.507 e. The van der Waals surface area contributed by atoms with Gasteiger partial charge in [0.2, 0.25) is 0 Å². The Morgan fingerprint density at radius 3 is 1.17 bits per heavy atom. The summed E-state index contributed by atoms with van der Waals surface area (Å²) in [4.78, 5) is 0. The lowest BCUT2D eigenvalue weighted by Gasteiger charge is -2.29. The number of hydrogen-bond donors (Lipinski definition) is 2. The van der Waals surface area contributed by atoms with E-state index in [0.29, 0.717) is 22.0 Å². The molecule has 0 bridgehead atoms. The third kappa shape index (κ3) is 8.88. The first kappa shape index (κ1) is 34.2. The highest BCUT2D eigenvalue weighted by atomic mass is 32.2. The van der Waals surface area contributed by atoms with E-state index in [9.17, 15) is 10.2 Å². The van der Waals surface area contributed by atoms with Gasteiger partial charge in [0, 0.05) is 33.1 Å². The molecule has 0 spiro atoms. The van der Waals surface area contributed by atoms with Gasteiger partial charge in [-0.2, -0.15) is 23.5 Å². The summed E-state index contributed by atoms with van der Waals surface area (Å²) in [5.74, 6) is 2.63. The number of phenols is 2. The van der Waals surface area contributed by atoms with Gasteiger partial charge in [0.1, 0.15) is 11.5 Å². The smallest absolute Gasteiger partial charge is 0.123 e. The maximum Gasteiger partial charge on any atom is 0.123 e. The van der Waals surface area contributed by atoms with Crippen LogP contribution in [-0.2, 0) is 33.2 Å². The fraction of sp³-hybridized carbons (Fsp3) is 0.676. The third-order valence-corrected chi connectivity index (χ3v) is 11.6. The van der Waals surface area contributed by atoms with E-state index in [2.05, 4.69) is 107 Å². The summed E-state index contributed by atoms with van der Waals surface area (Å²) in [5.41, 5.74) is 6.69. The van der Waals surface area contributed by atoms with Gasteiger partial charge in [-0.1, -0.05) is 127 Å². The zero-order valence-corrected chi connectivity index (χ0v) is 29.8. The average Bonchev–Trinajstić information content (AvgIpc) is 3.04. The van der Waals surface area contributed by atoms with Gasteiger partial charge in [0.25, 0.3) is 0 Å². The standard InChI is InChI=1S/C37H58O2S2/c1-34(2,3)26-18-24(32(38)28(20-26)36(7,8)9)22-40-30-16-14-13-15-17-31(30)41-23-25-19-27(35(4,5)6)21-29(33(25)39)37(10,11)12/h18-21,30-31,38-39H,13-17,22-23H2,1-12H3/t30-,31-/m0/s1. The monoisotopic (exact) mass is 598 g/mol. The molecule has 230 valence electrons. The van der Waals surface area contributed by atoms with Gasteiger partial charge in [-0.3, -0.25) is 0 Å². The summed E-state index contributed by atoms with van der Waals surface area (Å²) >= 11 is 4.07. The van der Waals surface area contributed by atoms with Crippen molar-refractivity contribution < 1.29 is 10.2 Å². The topological polar surface area (TPSA) is 40.5 Å². The molecule has 0 heterocycles. The molecule has 0 aromatic heterocycles. The van der Waals surface area contributed by atoms with Crippen LogP contribution in [0.1, 0.15) is 149 Å². The molecule has 2 N–H and O–H groups in total. The normalized spacial score (nSPS) is 19.3. The minimum atomic E-state index is -0.110. The van der Waals surface area contributed by atoms with E-state index in [4.69, 9.17) is 0 Å². The van der Waals surface area contributed by atoms with Crippen molar-refractivity contribution in [1.82, 2.24) is 0 Å². The Labute approximate surface area is 260 Å². The number of hydrogen-bond acceptors (Lipinski definition) is 4. The van der Waals surface area contributed by atoms with Crippen LogP contribution in [0, 0.1) is 0 Å². The fourth-order valence-corrected chi connectivity index (χ4v) is 8.70. The van der Waals surface area contributed by atoms with E-state index in [-0.39, 0.29) is 21.7 Å². The summed E-state index contributed by atoms with van der Waals surface area (Å²) in [6.45, 7) is 26.7. The largest absolute Gasteiger partial charge is 0.507 e. The number of aromatic hydroxyl groups is 2. The van der Waals surface area contributed by atoms with Gasteiger partial charge in [-0.05, 0) is 56.8 Å². The van der Waals surface area contributed by atoms with Crippen LogP contribution < -0.4 is 0 Å². The average molecular weight is 599 g/mol. The molecule has 0 saturated heterocycles. The van der Waals surface area contributed by atoms with Crippen molar-refractivity contribution in [3.8, 4) is 11.5 Å². The number of benzene rings is 2. The molecule has 2 nitrogen and oxygen atoms in total. The van der Waals surface area contributed by atoms with Crippen LogP contribution in [0.5, 0.6) is 11.5 Å². The van der Waals surface area contributed by atoms with E-state index in [0.717, 1.165) is 33.8 Å². The second kappa shape index (κ2) is 12.8. The lowest BCUT2D eigenvalue weighted by atomic mass is 9.79. The first-order valence-corrected chi connectivity index (χ1v) is 17.8. The van der Waals surface area contributed by atoms with Gasteiger partial charge in [-0.15, -0.1) is 0 Å². The van der Waals surface area contributed by atoms with Crippen molar-refractivity contribution in [2.24, 2.45) is 0 Å². The molecule has 4 heteroatoms. The SMILES string of the molecule is CC(C)(C)c1cc(CS[C@H]2CCCCC[C@@H]2SCc2cc(C(C)(C)C)cc(C(C)(C)C)c2O)c(O)c(C(C)(C)C)c1. The Bertz CT molecular complexity index is 1090. The first-order valence-electron chi connectivity index (χ1n) is 15.7. The number of rotatable bonds is 6. The molecule has 0 unspecified atom stereocenters. The first-order chi connectivity index (χ1) is 18.7. The molecular formula is C37H58O2S2. The number of thioether (sulfide) groups is 2. The molecule has 0 aliphatic heterocycles. The zero-order valence-electron chi connectivity index (χ0n) is 28.1. The number of phenolic OH excluding ortho intramolecular Hbond substituents is 2. The van der Waals surface area contributed by atoms with Crippen molar-refractivity contribution in [3.05, 3.63) is 57.6 Å². The van der Waals surface area contributed by atoms with Crippen LogP contribution in [0.3, 0.4) is 0 Å². The highest BCUT2D eigenvalue weighted by molar-refractivity contribution is 8.03. The summed E-state index contributed by atoms with van der Waals surface area (Å²) in [7, 11) is 0. The van der Waals surface area contributed by atoms with Crippen LogP contribution >= 0.6 is 23.5 Å². The third-order valence-electron chi connectivity index (χ3n) is 8.52. The van der Waals surface area contributed by atoms with Crippen molar-refractivity contribution in [2.75, 3.05) is 0 Å². The maximum atomic E-state index is 11.4. The lowest BCUT2D eigenvalue weighted by molar-refractivity contribution is 0.439. The second-order valence-corrected chi connectivity index (χ2v) is 18.9. The van der Waals surface area contributed by atoms with Crippen molar-refractivity contribution in [3.63, 3.8) is 0 Å². The highest BCUT2D eigenvalue weighted by Gasteiger charge is 2.30. The predicted octanol–water partition coefficient (Wildman–Crippen LogP) is 11.2. The van der Waals surface area contributed by atoms with Gasteiger partial charge >= 0.3 is 0 Å². The lowest BCUT2D eigenvalue weighted by Crippen LogP contribution is -2.20. The molecule has 2 aromatic carbocycles. The molecule has 0 amide bonds. The van der Waals surface area contributed by atoms with E-state index in [1.54, 1.807) is 0 Å². The minimum absolute atomic E-state index is 0.0311. The van der Waals surface area contributed by atoms with Gasteiger partial charge in [0.15, 0.2) is 0 Å². The van der Waals surface area contributed by atoms with Gasteiger partial charge in [0.05, 0.1) is 0 Å². The van der Waals surface area contributed by atoms with Crippen LogP contribution in [0.25, 0.3) is 0 Å². The summed E-state index contributed by atoms with van der Waals surface area (Å²) in [6.07, 6.45) is 6.28. The summed E-state index contributed by atoms with van der Waals surface area (Å²) in [5, 5.41) is 23.8. The maximum absolute atomic E-state index is 11.4. The van der Waals surface area contributed by atoms with Crippen molar-refractivity contribution in [2.45, 2.75) is 159 Å². The van der Waals surface area contributed by atoms with E-state index in [1.165, 1.54) is 43.2 Å². The van der Waals surface area contributed by atoms with Gasteiger partial charge in [-0.25, -0.2) is 0 Å². The van der Waals surface area contributed by atoms with Crippen LogP contribution in [0.2, 0.25) is 0 Å². The van der Waals surface area contributed by atoms with E-state index in [1.807, 2.05) is 23.5 Å². The predicted molar refractivity (Wildman–Crippen MR) is 184 cm³/mol. The van der Waals surface area contributed by atoms with Crippen LogP contribution in [0.15, 0.2) is 24.3 Å². The summed E-state index contributed by atoms with van der Waals surface area (Å²) in [6, 6.07) is 8.94. The molecule has 41 heavy (non-hydrogen) atoms. The molecular weight excluding hydrogens is 541 g/mol. The van der Waals surface area contributed by atoms with E-state index < -0.39 is 0 Å². The van der Waals surface area contributed by atoms with Crippen LogP contribution in [-0.4, -0.2) is 20.7 Å². The van der Waals surface area contributed by atoms with Crippen LogP contribution in [0.4, 0.5) is 0 Å². The Hall–Kier alpha value is -1.26. The Morgan fingerprint density at radius 1 is 0.537 bits per heavy atom. The Morgan fingerprint density at radius 2 is 0.878 bits per heavy atom. The van der Waals surface area contributed by atoms with Crippen molar-refractivity contribution in [1.29, 1.82) is 0 Å². The zero-order chi connectivity index (χ0) is 31.0. The van der Waals surface area contributed by atoms with Crippen molar-refractivity contribution >= 4 is 23.5 Å².